The van der Waals surface area contributed by atoms with Crippen LogP contribution in [-0.4, -0.2) is 31.3 Å². The summed E-state index contributed by atoms with van der Waals surface area (Å²) in [4.78, 5) is 44.6. The molecule has 0 radical (unpaired) electrons. The van der Waals surface area contributed by atoms with Crippen LogP contribution in [0.1, 0.15) is 20.7 Å². The number of carbonyl (C=O) groups is 2. The predicted molar refractivity (Wildman–Crippen MR) is 213 cm³/mol. The van der Waals surface area contributed by atoms with Crippen LogP contribution in [0.5, 0.6) is 0 Å². The molecule has 1 aliphatic heterocycles. The molecule has 0 bridgehead atoms. The van der Waals surface area contributed by atoms with Crippen molar-refractivity contribution in [3.8, 4) is 51.0 Å². The van der Waals surface area contributed by atoms with Gasteiger partial charge in [0.2, 0.25) is 0 Å². The molecule has 0 N–H and O–H groups in total. The van der Waals surface area contributed by atoms with Gasteiger partial charge in [-0.1, -0.05) is 127 Å². The monoisotopic (exact) mass is 695 g/mol. The van der Waals surface area contributed by atoms with Crippen LogP contribution in [0.3, 0.4) is 0 Å². The maximum absolute atomic E-state index is 14.4. The van der Waals surface area contributed by atoms with Crippen LogP contribution >= 0.6 is 0 Å². The largest absolute Gasteiger partial charge is 0.308 e. The van der Waals surface area contributed by atoms with Crippen molar-refractivity contribution in [2.45, 2.75) is 0 Å². The minimum atomic E-state index is -0.356. The third-order valence-corrected chi connectivity index (χ3v) is 9.98. The van der Waals surface area contributed by atoms with Gasteiger partial charge in [-0.2, -0.15) is 0 Å². The van der Waals surface area contributed by atoms with Crippen LogP contribution in [0, 0.1) is 0 Å². The minimum absolute atomic E-state index is 0.344. The Morgan fingerprint density at radius 3 is 1.63 bits per heavy atom. The fourth-order valence-corrected chi connectivity index (χ4v) is 7.45. The molecular formula is C47H29N5O2. The summed E-state index contributed by atoms with van der Waals surface area (Å²) in [6.45, 7) is 0. The van der Waals surface area contributed by atoms with Gasteiger partial charge in [0.15, 0.2) is 17.5 Å². The number of amides is 2. The molecule has 7 nitrogen and oxygen atoms in total. The van der Waals surface area contributed by atoms with E-state index in [0.717, 1.165) is 49.6 Å². The van der Waals surface area contributed by atoms with Crippen molar-refractivity contribution in [2.24, 2.45) is 0 Å². The SMILES string of the molecule is O=C1c2cccc(-n3c4ccccc4c4cc(-c5nc(-c6ccccc6)nc(-c6ccccc6)n5)ccc43)c2C(=O)N1c1cccc(-c2ccccc2)c1. The van der Waals surface area contributed by atoms with Gasteiger partial charge in [0.1, 0.15) is 0 Å². The summed E-state index contributed by atoms with van der Waals surface area (Å²) < 4.78 is 2.08. The molecule has 0 aliphatic carbocycles. The Labute approximate surface area is 310 Å². The lowest BCUT2D eigenvalue weighted by Crippen LogP contribution is -2.29. The van der Waals surface area contributed by atoms with E-state index in [1.54, 1.807) is 6.07 Å². The molecular weight excluding hydrogens is 667 g/mol. The van der Waals surface area contributed by atoms with E-state index in [-0.39, 0.29) is 11.8 Å². The van der Waals surface area contributed by atoms with Gasteiger partial charge in [0.05, 0.1) is 33.5 Å². The van der Waals surface area contributed by atoms with Crippen molar-refractivity contribution in [3.63, 3.8) is 0 Å². The molecule has 0 saturated carbocycles. The Balaban J connectivity index is 1.12. The van der Waals surface area contributed by atoms with Crippen molar-refractivity contribution in [3.05, 3.63) is 187 Å². The normalized spacial score (nSPS) is 12.5. The zero-order valence-corrected chi connectivity index (χ0v) is 28.8. The van der Waals surface area contributed by atoms with E-state index in [1.165, 1.54) is 4.90 Å². The van der Waals surface area contributed by atoms with Gasteiger partial charge >= 0.3 is 0 Å². The molecule has 0 saturated heterocycles. The Bertz CT molecular complexity index is 2860. The molecule has 0 fully saturated rings. The third-order valence-electron chi connectivity index (χ3n) is 9.98. The molecule has 2 amide bonds. The maximum Gasteiger partial charge on any atom is 0.268 e. The molecule has 9 aromatic rings. The van der Waals surface area contributed by atoms with E-state index in [1.807, 2.05) is 158 Å². The molecule has 7 aromatic carbocycles. The average Bonchev–Trinajstić information content (AvgIpc) is 3.71. The van der Waals surface area contributed by atoms with Crippen LogP contribution in [0.15, 0.2) is 176 Å². The molecule has 0 atom stereocenters. The summed E-state index contributed by atoms with van der Waals surface area (Å²) in [5.41, 5.74) is 8.27. The first-order chi connectivity index (χ1) is 26.6. The highest BCUT2D eigenvalue weighted by Crippen LogP contribution is 2.39. The average molecular weight is 696 g/mol. The number of hydrogen-bond acceptors (Lipinski definition) is 5. The lowest BCUT2D eigenvalue weighted by Gasteiger charge is -2.16. The minimum Gasteiger partial charge on any atom is -0.308 e. The van der Waals surface area contributed by atoms with Gasteiger partial charge in [-0.15, -0.1) is 0 Å². The summed E-state index contributed by atoms with van der Waals surface area (Å²) >= 11 is 0. The summed E-state index contributed by atoms with van der Waals surface area (Å²) in [5, 5.41) is 1.96. The molecule has 0 spiro atoms. The Kier molecular flexibility index (Phi) is 7.30. The zero-order chi connectivity index (χ0) is 36.2. The number of benzene rings is 7. The van der Waals surface area contributed by atoms with E-state index in [4.69, 9.17) is 15.0 Å². The van der Waals surface area contributed by atoms with Crippen molar-refractivity contribution in [1.29, 1.82) is 0 Å². The highest BCUT2D eigenvalue weighted by atomic mass is 16.2. The van der Waals surface area contributed by atoms with Crippen LogP contribution < -0.4 is 4.90 Å². The van der Waals surface area contributed by atoms with Crippen molar-refractivity contribution < 1.29 is 9.59 Å². The number of anilines is 1. The number of para-hydroxylation sites is 1. The highest BCUT2D eigenvalue weighted by Gasteiger charge is 2.39. The Morgan fingerprint density at radius 1 is 0.389 bits per heavy atom. The number of aromatic nitrogens is 4. The molecule has 54 heavy (non-hydrogen) atoms. The van der Waals surface area contributed by atoms with Gasteiger partial charge in [-0.3, -0.25) is 9.59 Å². The topological polar surface area (TPSA) is 81.0 Å². The van der Waals surface area contributed by atoms with E-state index < -0.39 is 0 Å². The first kappa shape index (κ1) is 31.2. The summed E-state index contributed by atoms with van der Waals surface area (Å²) in [5.74, 6) is 1.03. The summed E-state index contributed by atoms with van der Waals surface area (Å²) in [7, 11) is 0. The van der Waals surface area contributed by atoms with Crippen LogP contribution in [0.2, 0.25) is 0 Å². The maximum atomic E-state index is 14.4. The van der Waals surface area contributed by atoms with Gasteiger partial charge in [0.25, 0.3) is 11.8 Å². The third kappa shape index (κ3) is 5.10. The lowest BCUT2D eigenvalue weighted by molar-refractivity contribution is 0.0926. The van der Waals surface area contributed by atoms with E-state index in [0.29, 0.717) is 40.0 Å². The number of carbonyl (C=O) groups excluding carboxylic acids is 2. The van der Waals surface area contributed by atoms with E-state index in [2.05, 4.69) is 16.7 Å². The molecule has 10 rings (SSSR count). The second kappa shape index (κ2) is 12.6. The molecule has 7 heteroatoms. The second-order valence-corrected chi connectivity index (χ2v) is 13.2. The zero-order valence-electron chi connectivity index (χ0n) is 28.8. The number of imide groups is 1. The standard InChI is InChI=1S/C47H29N5O2/c53-46-37-23-13-25-41(42(37)47(54)51(46)35-21-12-20-33(28-35)30-14-4-1-5-15-30)52-39-24-11-10-22-36(39)38-29-34(26-27-40(38)52)45-49-43(31-16-6-2-7-17-31)48-44(50-45)32-18-8-3-9-19-32/h1-29H. The van der Waals surface area contributed by atoms with Gasteiger partial charge in [0, 0.05) is 27.5 Å². The van der Waals surface area contributed by atoms with Gasteiger partial charge < -0.3 is 4.57 Å². The Hall–Kier alpha value is -7.51. The first-order valence-corrected chi connectivity index (χ1v) is 17.7. The number of nitrogens with zero attached hydrogens (tertiary/aromatic N) is 5. The van der Waals surface area contributed by atoms with Crippen molar-refractivity contribution in [2.75, 3.05) is 4.90 Å². The number of hydrogen-bond donors (Lipinski definition) is 0. The number of fused-ring (bicyclic) bond motifs is 4. The molecule has 3 heterocycles. The fourth-order valence-electron chi connectivity index (χ4n) is 7.45. The molecule has 2 aromatic heterocycles. The molecule has 254 valence electrons. The predicted octanol–water partition coefficient (Wildman–Crippen LogP) is 10.4. The van der Waals surface area contributed by atoms with Crippen molar-refractivity contribution >= 4 is 39.3 Å². The van der Waals surface area contributed by atoms with Crippen LogP contribution in [0.4, 0.5) is 5.69 Å². The molecule has 1 aliphatic rings. The van der Waals surface area contributed by atoms with E-state index >= 15 is 0 Å². The fraction of sp³-hybridized carbons (Fsp3) is 0. The Morgan fingerprint density at radius 2 is 0.944 bits per heavy atom. The van der Waals surface area contributed by atoms with Gasteiger partial charge in [-0.05, 0) is 59.7 Å². The highest BCUT2D eigenvalue weighted by molar-refractivity contribution is 6.36. The van der Waals surface area contributed by atoms with Crippen LogP contribution in [0.25, 0.3) is 72.8 Å². The van der Waals surface area contributed by atoms with Crippen molar-refractivity contribution in [1.82, 2.24) is 19.5 Å². The summed E-state index contributed by atoms with van der Waals surface area (Å²) in [6.07, 6.45) is 0. The van der Waals surface area contributed by atoms with E-state index in [9.17, 15) is 9.59 Å². The first-order valence-electron chi connectivity index (χ1n) is 17.7. The molecule has 0 unspecified atom stereocenters. The quantitative estimate of drug-likeness (QED) is 0.162. The number of rotatable bonds is 6. The summed E-state index contributed by atoms with van der Waals surface area (Å²) in [6, 6.07) is 57.1. The van der Waals surface area contributed by atoms with Gasteiger partial charge in [-0.25, -0.2) is 19.9 Å². The lowest BCUT2D eigenvalue weighted by atomic mass is 10.0. The smallest absolute Gasteiger partial charge is 0.268 e. The second-order valence-electron chi connectivity index (χ2n) is 13.2. The van der Waals surface area contributed by atoms with Crippen LogP contribution in [-0.2, 0) is 0 Å².